The molecule has 3 heteroatoms. The minimum atomic E-state index is 0.461. The molecule has 0 aromatic heterocycles. The van der Waals surface area contributed by atoms with Gasteiger partial charge in [-0.15, -0.1) is 11.8 Å². The van der Waals surface area contributed by atoms with E-state index in [1.807, 2.05) is 0 Å². The van der Waals surface area contributed by atoms with Crippen molar-refractivity contribution >= 4 is 11.8 Å². The minimum absolute atomic E-state index is 0.461. The Bertz CT molecular complexity index is 168. The lowest BCUT2D eigenvalue weighted by atomic mass is 10.0. The summed E-state index contributed by atoms with van der Waals surface area (Å²) >= 11 is 2.17. The normalized spacial score (nSPS) is 28.1. The Balaban J connectivity index is 1.81. The van der Waals surface area contributed by atoms with Crippen LogP contribution in [0.3, 0.4) is 0 Å². The van der Waals surface area contributed by atoms with Crippen molar-refractivity contribution in [2.75, 3.05) is 31.9 Å². The summed E-state index contributed by atoms with van der Waals surface area (Å²) in [7, 11) is 0. The van der Waals surface area contributed by atoms with Crippen LogP contribution in [0.4, 0.5) is 0 Å². The third-order valence-electron chi connectivity index (χ3n) is 3.35. The van der Waals surface area contributed by atoms with Gasteiger partial charge in [-0.25, -0.2) is 0 Å². The lowest BCUT2D eigenvalue weighted by molar-refractivity contribution is 0.182. The summed E-state index contributed by atoms with van der Waals surface area (Å²) in [4.78, 5) is 3.07. The van der Waals surface area contributed by atoms with E-state index in [-0.39, 0.29) is 0 Å². The molecule has 2 saturated heterocycles. The number of hydrogen-bond donors (Lipinski definition) is 1. The van der Waals surface area contributed by atoms with Crippen LogP contribution in [0.1, 0.15) is 32.6 Å². The van der Waals surface area contributed by atoms with Gasteiger partial charge in [-0.3, -0.25) is 0 Å². The Kier molecular flexibility index (Phi) is 3.74. The molecule has 1 spiro atoms. The fraction of sp³-hybridized carbons (Fsp3) is 1.00. The Morgan fingerprint density at radius 3 is 2.71 bits per heavy atom. The molecule has 0 unspecified atom stereocenters. The molecule has 2 aliphatic rings. The predicted molar refractivity (Wildman–Crippen MR) is 63.8 cm³/mol. The molecule has 0 amide bonds. The highest BCUT2D eigenvalue weighted by Gasteiger charge is 2.35. The van der Waals surface area contributed by atoms with Crippen LogP contribution in [0.2, 0.25) is 0 Å². The van der Waals surface area contributed by atoms with Crippen molar-refractivity contribution in [3.05, 3.63) is 0 Å². The maximum atomic E-state index is 3.73. The molecule has 0 radical (unpaired) electrons. The maximum absolute atomic E-state index is 3.73. The number of nitrogens with one attached hydrogen (secondary N) is 1. The lowest BCUT2D eigenvalue weighted by Crippen LogP contribution is -2.53. The van der Waals surface area contributed by atoms with E-state index in [0.29, 0.717) is 4.87 Å². The van der Waals surface area contributed by atoms with Gasteiger partial charge >= 0.3 is 0 Å². The molecule has 14 heavy (non-hydrogen) atoms. The van der Waals surface area contributed by atoms with Crippen molar-refractivity contribution in [3.63, 3.8) is 0 Å². The molecule has 2 aliphatic heterocycles. The molecular weight excluding hydrogens is 192 g/mol. The molecular formula is C11H22N2S. The van der Waals surface area contributed by atoms with Crippen LogP contribution in [0.15, 0.2) is 0 Å². The van der Waals surface area contributed by atoms with Crippen LogP contribution in [0, 0.1) is 0 Å². The highest BCUT2D eigenvalue weighted by Crippen LogP contribution is 2.36. The van der Waals surface area contributed by atoms with E-state index >= 15 is 0 Å². The number of thioether (sulfide) groups is 1. The van der Waals surface area contributed by atoms with Gasteiger partial charge in [0.15, 0.2) is 0 Å². The molecule has 0 aromatic rings. The maximum Gasteiger partial charge on any atom is 0.0669 e. The zero-order valence-electron chi connectivity index (χ0n) is 9.22. The number of nitrogens with zero attached hydrogens (tertiary/aromatic N) is 1. The monoisotopic (exact) mass is 214 g/mol. The zero-order chi connectivity index (χ0) is 9.86. The summed E-state index contributed by atoms with van der Waals surface area (Å²) in [5, 5.41) is 3.73. The standard InChI is InChI=1S/C11H22N2S/c1-2-7-13-8-4-11(5-9-13)12-6-3-10-14-11/h12H,2-10H2,1H3. The SMILES string of the molecule is CCCN1CCC2(CC1)NCCCS2. The first-order valence-corrected chi connectivity index (χ1v) is 6.94. The number of likely N-dealkylation sites (tertiary alicyclic amines) is 1. The van der Waals surface area contributed by atoms with Gasteiger partial charge < -0.3 is 10.2 Å². The molecule has 2 fully saturated rings. The van der Waals surface area contributed by atoms with Crippen LogP contribution in [0.25, 0.3) is 0 Å². The number of piperidine rings is 1. The third kappa shape index (κ3) is 2.44. The second kappa shape index (κ2) is 4.86. The van der Waals surface area contributed by atoms with E-state index in [4.69, 9.17) is 0 Å². The summed E-state index contributed by atoms with van der Waals surface area (Å²) in [6.07, 6.45) is 5.34. The van der Waals surface area contributed by atoms with Gasteiger partial charge in [0.25, 0.3) is 0 Å². The predicted octanol–water partition coefficient (Wildman–Crippen LogP) is 1.91. The van der Waals surface area contributed by atoms with Gasteiger partial charge in [-0.05, 0) is 44.5 Å². The molecule has 2 nitrogen and oxygen atoms in total. The molecule has 0 saturated carbocycles. The first-order chi connectivity index (χ1) is 6.85. The second-order valence-corrected chi connectivity index (χ2v) is 5.94. The quantitative estimate of drug-likeness (QED) is 0.756. The third-order valence-corrected chi connectivity index (χ3v) is 4.95. The summed E-state index contributed by atoms with van der Waals surface area (Å²) in [6.45, 7) is 7.40. The zero-order valence-corrected chi connectivity index (χ0v) is 10.0. The smallest absolute Gasteiger partial charge is 0.0669 e. The van der Waals surface area contributed by atoms with Crippen molar-refractivity contribution < 1.29 is 0 Å². The van der Waals surface area contributed by atoms with Crippen LogP contribution in [-0.4, -0.2) is 41.7 Å². The van der Waals surface area contributed by atoms with Crippen molar-refractivity contribution in [1.29, 1.82) is 0 Å². The van der Waals surface area contributed by atoms with Crippen LogP contribution in [0.5, 0.6) is 0 Å². The van der Waals surface area contributed by atoms with Gasteiger partial charge in [0, 0.05) is 13.1 Å². The van der Waals surface area contributed by atoms with Crippen molar-refractivity contribution in [2.24, 2.45) is 0 Å². The highest BCUT2D eigenvalue weighted by molar-refractivity contribution is 8.00. The number of hydrogen-bond acceptors (Lipinski definition) is 3. The molecule has 0 bridgehead atoms. The van der Waals surface area contributed by atoms with Crippen molar-refractivity contribution in [3.8, 4) is 0 Å². The summed E-state index contributed by atoms with van der Waals surface area (Å²) in [6, 6.07) is 0. The van der Waals surface area contributed by atoms with E-state index in [1.54, 1.807) is 0 Å². The molecule has 2 rings (SSSR count). The highest BCUT2D eigenvalue weighted by atomic mass is 32.2. The molecule has 1 N–H and O–H groups in total. The average molecular weight is 214 g/mol. The Morgan fingerprint density at radius 2 is 2.14 bits per heavy atom. The Morgan fingerprint density at radius 1 is 1.36 bits per heavy atom. The number of rotatable bonds is 2. The lowest BCUT2D eigenvalue weighted by Gasteiger charge is -2.44. The largest absolute Gasteiger partial charge is 0.303 e. The fourth-order valence-corrected chi connectivity index (χ4v) is 3.84. The Hall–Kier alpha value is 0.270. The van der Waals surface area contributed by atoms with Crippen LogP contribution >= 0.6 is 11.8 Å². The van der Waals surface area contributed by atoms with Gasteiger partial charge in [0.2, 0.25) is 0 Å². The average Bonchev–Trinajstić information content (AvgIpc) is 2.24. The second-order valence-electron chi connectivity index (χ2n) is 4.46. The first-order valence-electron chi connectivity index (χ1n) is 5.96. The van der Waals surface area contributed by atoms with E-state index in [0.717, 1.165) is 0 Å². The fourth-order valence-electron chi connectivity index (χ4n) is 2.48. The van der Waals surface area contributed by atoms with E-state index in [2.05, 4.69) is 28.9 Å². The molecule has 0 atom stereocenters. The van der Waals surface area contributed by atoms with Crippen LogP contribution < -0.4 is 5.32 Å². The molecule has 0 aromatic carbocycles. The van der Waals surface area contributed by atoms with Crippen molar-refractivity contribution in [2.45, 2.75) is 37.5 Å². The summed E-state index contributed by atoms with van der Waals surface area (Å²) < 4.78 is 0. The topological polar surface area (TPSA) is 15.3 Å². The van der Waals surface area contributed by atoms with Crippen molar-refractivity contribution in [1.82, 2.24) is 10.2 Å². The molecule has 82 valence electrons. The summed E-state index contributed by atoms with van der Waals surface area (Å²) in [5.74, 6) is 1.36. The van der Waals surface area contributed by atoms with E-state index in [9.17, 15) is 0 Å². The molecule has 2 heterocycles. The van der Waals surface area contributed by atoms with Gasteiger partial charge in [-0.1, -0.05) is 6.92 Å². The van der Waals surface area contributed by atoms with E-state index in [1.165, 1.54) is 57.6 Å². The minimum Gasteiger partial charge on any atom is -0.303 e. The first kappa shape index (κ1) is 10.8. The Labute approximate surface area is 91.8 Å². The molecule has 0 aliphatic carbocycles. The van der Waals surface area contributed by atoms with Gasteiger partial charge in [0.1, 0.15) is 0 Å². The van der Waals surface area contributed by atoms with E-state index < -0.39 is 0 Å². The summed E-state index contributed by atoms with van der Waals surface area (Å²) in [5.41, 5.74) is 0. The van der Waals surface area contributed by atoms with Gasteiger partial charge in [0.05, 0.1) is 4.87 Å². The van der Waals surface area contributed by atoms with Crippen LogP contribution in [-0.2, 0) is 0 Å². The van der Waals surface area contributed by atoms with Gasteiger partial charge in [-0.2, -0.15) is 0 Å².